The third kappa shape index (κ3) is 2.70. The molecule has 1 aliphatic rings. The Bertz CT molecular complexity index is 528. The summed E-state index contributed by atoms with van der Waals surface area (Å²) in [4.78, 5) is 23.3. The molecule has 0 saturated carbocycles. The average molecular weight is 329 g/mol. The number of carboxylic acids is 1. The highest BCUT2D eigenvalue weighted by molar-refractivity contribution is 9.10. The van der Waals surface area contributed by atoms with Crippen LogP contribution in [0, 0.1) is 22.0 Å². The molecule has 7 heteroatoms. The zero-order valence-corrected chi connectivity index (χ0v) is 11.8. The van der Waals surface area contributed by atoms with Crippen LogP contribution in [-0.4, -0.2) is 29.1 Å². The Balaban J connectivity index is 2.14. The number of aliphatic carboxylic acids is 1. The summed E-state index contributed by atoms with van der Waals surface area (Å²) in [6.07, 6.45) is 0. The van der Waals surface area contributed by atoms with E-state index in [0.717, 1.165) is 0 Å². The predicted octanol–water partition coefficient (Wildman–Crippen LogP) is 2.51. The van der Waals surface area contributed by atoms with E-state index in [1.54, 1.807) is 19.1 Å². The molecular formula is C12H13BrN2O4. The van der Waals surface area contributed by atoms with Gasteiger partial charge in [-0.15, -0.1) is 0 Å². The molecule has 1 aliphatic heterocycles. The van der Waals surface area contributed by atoms with Gasteiger partial charge in [-0.2, -0.15) is 0 Å². The molecule has 0 amide bonds. The molecule has 1 fully saturated rings. The summed E-state index contributed by atoms with van der Waals surface area (Å²) in [6.45, 7) is 2.74. The van der Waals surface area contributed by atoms with Crippen molar-refractivity contribution in [2.45, 2.75) is 6.92 Å². The van der Waals surface area contributed by atoms with Crippen molar-refractivity contribution in [2.75, 3.05) is 18.0 Å². The molecule has 1 saturated heterocycles. The first-order valence-corrected chi connectivity index (χ1v) is 6.61. The molecule has 1 heterocycles. The summed E-state index contributed by atoms with van der Waals surface area (Å²) in [5.74, 6) is -1.21. The molecule has 0 aliphatic carbocycles. The molecule has 1 atom stereocenters. The summed E-state index contributed by atoms with van der Waals surface area (Å²) < 4.78 is 0.652. The second-order valence-electron chi connectivity index (χ2n) is 4.68. The van der Waals surface area contributed by atoms with Crippen molar-refractivity contribution in [1.82, 2.24) is 0 Å². The molecule has 0 bridgehead atoms. The molecule has 1 aromatic rings. The molecule has 102 valence electrons. The fourth-order valence-corrected chi connectivity index (χ4v) is 2.49. The zero-order chi connectivity index (χ0) is 14.2. The van der Waals surface area contributed by atoms with Crippen LogP contribution in [-0.2, 0) is 4.79 Å². The van der Waals surface area contributed by atoms with Crippen molar-refractivity contribution in [2.24, 2.45) is 11.8 Å². The summed E-state index contributed by atoms with van der Waals surface area (Å²) in [6, 6.07) is 4.89. The van der Waals surface area contributed by atoms with Crippen LogP contribution in [0.25, 0.3) is 0 Å². The van der Waals surface area contributed by atoms with Gasteiger partial charge >= 0.3 is 5.97 Å². The normalized spacial score (nSPS) is 16.8. The van der Waals surface area contributed by atoms with Crippen molar-refractivity contribution >= 4 is 33.3 Å². The smallest absolute Gasteiger partial charge is 0.306 e. The third-order valence-electron chi connectivity index (χ3n) is 3.48. The lowest BCUT2D eigenvalue weighted by molar-refractivity contribution is -0.384. The molecule has 0 radical (unpaired) electrons. The van der Waals surface area contributed by atoms with E-state index >= 15 is 0 Å². The lowest BCUT2D eigenvalue weighted by Crippen LogP contribution is -2.51. The molecule has 1 N–H and O–H groups in total. The van der Waals surface area contributed by atoms with Gasteiger partial charge in [0.15, 0.2) is 0 Å². The Morgan fingerprint density at radius 2 is 2.21 bits per heavy atom. The van der Waals surface area contributed by atoms with Gasteiger partial charge in [0.1, 0.15) is 5.69 Å². The molecule has 1 aromatic carbocycles. The number of halogens is 1. The first kappa shape index (κ1) is 13.8. The van der Waals surface area contributed by atoms with E-state index in [1.807, 2.05) is 4.90 Å². The van der Waals surface area contributed by atoms with Gasteiger partial charge in [0.05, 0.1) is 10.8 Å². The van der Waals surface area contributed by atoms with Crippen molar-refractivity contribution in [3.63, 3.8) is 0 Å². The van der Waals surface area contributed by atoms with Crippen LogP contribution >= 0.6 is 15.9 Å². The van der Waals surface area contributed by atoms with Crippen LogP contribution < -0.4 is 4.90 Å². The van der Waals surface area contributed by atoms with Crippen LogP contribution in [0.5, 0.6) is 0 Å². The lowest BCUT2D eigenvalue weighted by Gasteiger charge is -2.42. The Morgan fingerprint density at radius 3 is 2.74 bits per heavy atom. The number of nitro benzene ring substituents is 1. The van der Waals surface area contributed by atoms with Gasteiger partial charge in [-0.05, 0) is 12.1 Å². The van der Waals surface area contributed by atoms with Crippen LogP contribution in [0.4, 0.5) is 11.4 Å². The van der Waals surface area contributed by atoms with E-state index in [4.69, 9.17) is 5.11 Å². The van der Waals surface area contributed by atoms with Gasteiger partial charge in [0, 0.05) is 29.5 Å². The SMILES string of the molecule is CC(C(=O)O)C1CN(c2ccc(Br)cc2[N+](=O)[O-])C1. The molecular weight excluding hydrogens is 316 g/mol. The number of nitrogens with zero attached hydrogens (tertiary/aromatic N) is 2. The summed E-state index contributed by atoms with van der Waals surface area (Å²) in [5, 5.41) is 19.9. The largest absolute Gasteiger partial charge is 0.481 e. The number of hydrogen-bond donors (Lipinski definition) is 1. The van der Waals surface area contributed by atoms with Crippen LogP contribution in [0.2, 0.25) is 0 Å². The zero-order valence-electron chi connectivity index (χ0n) is 10.2. The Morgan fingerprint density at radius 1 is 1.58 bits per heavy atom. The third-order valence-corrected chi connectivity index (χ3v) is 3.97. The standard InChI is InChI=1S/C12H13BrN2O4/c1-7(12(16)17)8-5-14(6-8)10-3-2-9(13)4-11(10)15(18)19/h2-4,7-8H,5-6H2,1H3,(H,16,17). The van der Waals surface area contributed by atoms with Crippen molar-refractivity contribution in [1.29, 1.82) is 0 Å². The number of nitro groups is 1. The summed E-state index contributed by atoms with van der Waals surface area (Å²) >= 11 is 3.21. The minimum Gasteiger partial charge on any atom is -0.481 e. The fraction of sp³-hybridized carbons (Fsp3) is 0.417. The molecule has 0 spiro atoms. The maximum Gasteiger partial charge on any atom is 0.306 e. The maximum absolute atomic E-state index is 11.0. The molecule has 2 rings (SSSR count). The van der Waals surface area contributed by atoms with Gasteiger partial charge in [0.2, 0.25) is 0 Å². The second kappa shape index (κ2) is 5.16. The Hall–Kier alpha value is -1.63. The summed E-state index contributed by atoms with van der Waals surface area (Å²) in [7, 11) is 0. The molecule has 19 heavy (non-hydrogen) atoms. The minimum absolute atomic E-state index is 0.0378. The van der Waals surface area contributed by atoms with Crippen molar-refractivity contribution < 1.29 is 14.8 Å². The highest BCUT2D eigenvalue weighted by Gasteiger charge is 2.37. The summed E-state index contributed by atoms with van der Waals surface area (Å²) in [5.41, 5.74) is 0.581. The number of rotatable bonds is 4. The first-order chi connectivity index (χ1) is 8.90. The van der Waals surface area contributed by atoms with E-state index in [1.165, 1.54) is 6.07 Å². The number of hydrogen-bond acceptors (Lipinski definition) is 4. The monoisotopic (exact) mass is 328 g/mol. The molecule has 0 aromatic heterocycles. The predicted molar refractivity (Wildman–Crippen MR) is 73.3 cm³/mol. The van der Waals surface area contributed by atoms with E-state index in [2.05, 4.69) is 15.9 Å². The van der Waals surface area contributed by atoms with Crippen molar-refractivity contribution in [3.05, 3.63) is 32.8 Å². The number of benzene rings is 1. The van der Waals surface area contributed by atoms with Crippen LogP contribution in [0.1, 0.15) is 6.92 Å². The Kier molecular flexibility index (Phi) is 3.75. The first-order valence-electron chi connectivity index (χ1n) is 5.82. The van der Waals surface area contributed by atoms with Gasteiger partial charge in [-0.3, -0.25) is 14.9 Å². The van der Waals surface area contributed by atoms with Crippen molar-refractivity contribution in [3.8, 4) is 0 Å². The van der Waals surface area contributed by atoms with E-state index in [0.29, 0.717) is 23.2 Å². The second-order valence-corrected chi connectivity index (χ2v) is 5.60. The lowest BCUT2D eigenvalue weighted by atomic mass is 9.86. The number of carbonyl (C=O) groups is 1. The minimum atomic E-state index is -0.824. The average Bonchev–Trinajstić information content (AvgIpc) is 2.28. The molecule has 6 nitrogen and oxygen atoms in total. The van der Waals surface area contributed by atoms with Crippen LogP contribution in [0.3, 0.4) is 0 Å². The molecule has 1 unspecified atom stereocenters. The van der Waals surface area contributed by atoms with E-state index < -0.39 is 16.8 Å². The quantitative estimate of drug-likeness (QED) is 0.678. The number of carboxylic acid groups (broad SMARTS) is 1. The van der Waals surface area contributed by atoms with Gasteiger partial charge in [-0.1, -0.05) is 22.9 Å². The van der Waals surface area contributed by atoms with Gasteiger partial charge < -0.3 is 10.0 Å². The van der Waals surface area contributed by atoms with E-state index in [9.17, 15) is 14.9 Å². The topological polar surface area (TPSA) is 83.7 Å². The van der Waals surface area contributed by atoms with Gasteiger partial charge in [-0.25, -0.2) is 0 Å². The maximum atomic E-state index is 11.0. The highest BCUT2D eigenvalue weighted by Crippen LogP contribution is 2.36. The Labute approximate surface area is 118 Å². The van der Waals surface area contributed by atoms with E-state index in [-0.39, 0.29) is 11.6 Å². The highest BCUT2D eigenvalue weighted by atomic mass is 79.9. The van der Waals surface area contributed by atoms with Crippen LogP contribution in [0.15, 0.2) is 22.7 Å². The fourth-order valence-electron chi connectivity index (χ4n) is 2.14. The van der Waals surface area contributed by atoms with Gasteiger partial charge in [0.25, 0.3) is 5.69 Å². The number of anilines is 1.